The second-order valence-corrected chi connectivity index (χ2v) is 7.18. The van der Waals surface area contributed by atoms with Crippen LogP contribution in [0.1, 0.15) is 6.92 Å². The first-order valence-electron chi connectivity index (χ1n) is 3.99. The maximum Gasteiger partial charge on any atom is 0.343 e. The zero-order chi connectivity index (χ0) is 12.3. The van der Waals surface area contributed by atoms with Gasteiger partial charge in [-0.05, 0) is 6.92 Å². The van der Waals surface area contributed by atoms with Gasteiger partial charge in [0.2, 0.25) is 0 Å². The van der Waals surface area contributed by atoms with Gasteiger partial charge in [0.15, 0.2) is 5.40 Å². The molecule has 0 aliphatic heterocycles. The molecule has 0 aromatic carbocycles. The molecule has 0 aromatic heterocycles. The summed E-state index contributed by atoms with van der Waals surface area (Å²) >= 11 is 0. The summed E-state index contributed by atoms with van der Waals surface area (Å²) in [4.78, 5) is 34.7. The van der Waals surface area contributed by atoms with Gasteiger partial charge in [0.05, 0.1) is 13.2 Å². The van der Waals surface area contributed by atoms with Gasteiger partial charge in [0.1, 0.15) is 0 Å². The Morgan fingerprint density at radius 3 is 1.80 bits per heavy atom. The van der Waals surface area contributed by atoms with E-state index in [9.17, 15) is 9.13 Å². The van der Waals surface area contributed by atoms with Crippen molar-refractivity contribution in [2.45, 2.75) is 18.4 Å². The van der Waals surface area contributed by atoms with Gasteiger partial charge in [-0.3, -0.25) is 9.13 Å². The Morgan fingerprint density at radius 1 is 1.13 bits per heavy atom. The zero-order valence-corrected chi connectivity index (χ0v) is 9.84. The average molecular weight is 263 g/mol. The quantitative estimate of drug-likeness (QED) is 0.384. The number of rotatable bonds is 6. The molecule has 1 atom stereocenters. The summed E-state index contributed by atoms with van der Waals surface area (Å²) in [6.07, 6.45) is 0. The lowest BCUT2D eigenvalue weighted by molar-refractivity contribution is 0.125. The van der Waals surface area contributed by atoms with Crippen LogP contribution in [-0.4, -0.2) is 44.2 Å². The highest BCUT2D eigenvalue weighted by atomic mass is 31.2. The molecule has 0 aliphatic rings. The predicted octanol–water partition coefficient (Wildman–Crippen LogP) is -0.968. The summed E-state index contributed by atoms with van der Waals surface area (Å²) in [6.45, 7) is 0.830. The van der Waals surface area contributed by atoms with Crippen LogP contribution in [0.15, 0.2) is 0 Å². The van der Waals surface area contributed by atoms with Crippen molar-refractivity contribution in [3.63, 3.8) is 0 Å². The van der Waals surface area contributed by atoms with E-state index in [-0.39, 0.29) is 12.6 Å². The summed E-state index contributed by atoms with van der Waals surface area (Å²) in [7, 11) is -9.77. The van der Waals surface area contributed by atoms with Gasteiger partial charge >= 0.3 is 15.2 Å². The van der Waals surface area contributed by atoms with E-state index in [1.165, 1.54) is 0 Å². The molecule has 0 unspecified atom stereocenters. The molecule has 0 aliphatic carbocycles. The normalized spacial score (nSPS) is 15.7. The lowest BCUT2D eigenvalue weighted by Gasteiger charge is -2.19. The van der Waals surface area contributed by atoms with Gasteiger partial charge in [-0.1, -0.05) is 0 Å². The van der Waals surface area contributed by atoms with Crippen LogP contribution in [0.4, 0.5) is 0 Å². The van der Waals surface area contributed by atoms with Crippen LogP contribution in [0.2, 0.25) is 0 Å². The maximum absolute atomic E-state index is 10.7. The SMILES string of the molecule is C[C@@H](N)COCC(P(=O)(O)O)P(=O)(O)O. The Morgan fingerprint density at radius 2 is 1.53 bits per heavy atom. The van der Waals surface area contributed by atoms with E-state index in [4.69, 9.17) is 30.0 Å². The van der Waals surface area contributed by atoms with E-state index in [2.05, 4.69) is 0 Å². The molecule has 6 N–H and O–H groups in total. The number of hydrogen-bond acceptors (Lipinski definition) is 4. The Bertz CT molecular complexity index is 259. The van der Waals surface area contributed by atoms with Crippen LogP contribution in [0.3, 0.4) is 0 Å². The van der Waals surface area contributed by atoms with Crippen molar-refractivity contribution in [2.75, 3.05) is 13.2 Å². The van der Waals surface area contributed by atoms with Crippen molar-refractivity contribution in [3.8, 4) is 0 Å². The molecule has 10 heteroatoms. The molecule has 0 aromatic rings. The highest BCUT2D eigenvalue weighted by molar-refractivity contribution is 7.70. The molecule has 0 saturated heterocycles. The van der Waals surface area contributed by atoms with E-state index < -0.39 is 27.2 Å². The lowest BCUT2D eigenvalue weighted by atomic mass is 10.4. The van der Waals surface area contributed by atoms with E-state index in [1.807, 2.05) is 0 Å². The summed E-state index contributed by atoms with van der Waals surface area (Å²) in [6, 6.07) is -0.376. The van der Waals surface area contributed by atoms with Gasteiger partial charge in [-0.2, -0.15) is 0 Å². The summed E-state index contributed by atoms with van der Waals surface area (Å²) in [5.41, 5.74) is 5.28. The highest BCUT2D eigenvalue weighted by Gasteiger charge is 2.43. The molecule has 8 nitrogen and oxygen atoms in total. The minimum Gasteiger partial charge on any atom is -0.378 e. The molecule has 0 rings (SSSR count). The Balaban J connectivity index is 4.43. The van der Waals surface area contributed by atoms with Crippen LogP contribution in [0.25, 0.3) is 0 Å². The number of hydrogen-bond donors (Lipinski definition) is 5. The first-order chi connectivity index (χ1) is 6.55. The fourth-order valence-corrected chi connectivity index (χ4v) is 2.92. The van der Waals surface area contributed by atoms with Gasteiger partial charge in [0, 0.05) is 6.04 Å². The van der Waals surface area contributed by atoms with Crippen molar-refractivity contribution < 1.29 is 33.4 Å². The third kappa shape index (κ3) is 6.40. The molecule has 0 spiro atoms. The van der Waals surface area contributed by atoms with Gasteiger partial charge in [-0.25, -0.2) is 0 Å². The van der Waals surface area contributed by atoms with Crippen molar-refractivity contribution in [1.82, 2.24) is 0 Å². The van der Waals surface area contributed by atoms with Crippen molar-refractivity contribution in [2.24, 2.45) is 5.73 Å². The molecule has 0 bridgehead atoms. The van der Waals surface area contributed by atoms with Gasteiger partial charge in [0.25, 0.3) is 0 Å². The molecule has 15 heavy (non-hydrogen) atoms. The molecule has 0 amide bonds. The van der Waals surface area contributed by atoms with Crippen LogP contribution >= 0.6 is 15.2 Å². The minimum absolute atomic E-state index is 0.0312. The molecular weight excluding hydrogens is 248 g/mol. The summed E-state index contributed by atoms with van der Waals surface area (Å²) < 4.78 is 26.2. The smallest absolute Gasteiger partial charge is 0.343 e. The molecule has 0 fully saturated rings. The molecular formula is C5H15NO7P2. The largest absolute Gasteiger partial charge is 0.378 e. The minimum atomic E-state index is -4.89. The van der Waals surface area contributed by atoms with Gasteiger partial charge in [-0.15, -0.1) is 0 Å². The van der Waals surface area contributed by atoms with Gasteiger partial charge < -0.3 is 30.0 Å². The molecule has 0 heterocycles. The van der Waals surface area contributed by atoms with E-state index in [0.717, 1.165) is 0 Å². The van der Waals surface area contributed by atoms with Crippen LogP contribution in [0, 0.1) is 0 Å². The molecule has 92 valence electrons. The average Bonchev–Trinajstić information content (AvgIpc) is 1.92. The van der Waals surface area contributed by atoms with Crippen molar-refractivity contribution in [3.05, 3.63) is 0 Å². The van der Waals surface area contributed by atoms with E-state index >= 15 is 0 Å². The number of ether oxygens (including phenoxy) is 1. The van der Waals surface area contributed by atoms with Crippen LogP contribution in [-0.2, 0) is 13.9 Å². The Labute approximate surface area is 86.8 Å². The second-order valence-electron chi connectivity index (χ2n) is 3.17. The topological polar surface area (TPSA) is 150 Å². The maximum atomic E-state index is 10.7. The van der Waals surface area contributed by atoms with Crippen LogP contribution in [0.5, 0.6) is 0 Å². The standard InChI is InChI=1S/C5H15NO7P2/c1-4(6)2-13-3-5(14(7,8)9)15(10,11)12/h4-5H,2-3,6H2,1H3,(H2,7,8,9)(H2,10,11,12)/t4-/m1/s1. The van der Waals surface area contributed by atoms with Crippen LogP contribution < -0.4 is 5.73 Å². The Hall–Kier alpha value is 0.220. The summed E-state index contributed by atoms with van der Waals surface area (Å²) in [5.74, 6) is 0. The zero-order valence-electron chi connectivity index (χ0n) is 8.05. The van der Waals surface area contributed by atoms with Crippen molar-refractivity contribution >= 4 is 15.2 Å². The monoisotopic (exact) mass is 263 g/mol. The first kappa shape index (κ1) is 15.2. The Kier molecular flexibility index (Phi) is 5.60. The van der Waals surface area contributed by atoms with Crippen molar-refractivity contribution in [1.29, 1.82) is 0 Å². The lowest BCUT2D eigenvalue weighted by Crippen LogP contribution is -2.25. The highest BCUT2D eigenvalue weighted by Crippen LogP contribution is 2.59. The van der Waals surface area contributed by atoms with E-state index in [0.29, 0.717) is 0 Å². The third-order valence-electron chi connectivity index (χ3n) is 1.42. The fraction of sp³-hybridized carbons (Fsp3) is 1.00. The third-order valence-corrected chi connectivity index (χ3v) is 5.08. The molecule has 0 radical (unpaired) electrons. The fourth-order valence-electron chi connectivity index (χ4n) is 0.749. The number of nitrogens with two attached hydrogens (primary N) is 1. The van der Waals surface area contributed by atoms with E-state index in [1.54, 1.807) is 6.92 Å². The first-order valence-corrected chi connectivity index (χ1v) is 7.35. The predicted molar refractivity (Wildman–Crippen MR) is 52.3 cm³/mol. The molecule has 0 saturated carbocycles. The summed E-state index contributed by atoms with van der Waals surface area (Å²) in [5, 5.41) is -2.12. The second kappa shape index (κ2) is 5.52.